The van der Waals surface area contributed by atoms with E-state index >= 15 is 0 Å². The van der Waals surface area contributed by atoms with E-state index in [0.717, 1.165) is 11.3 Å². The van der Waals surface area contributed by atoms with Gasteiger partial charge in [0.25, 0.3) is 5.91 Å². The van der Waals surface area contributed by atoms with Crippen molar-refractivity contribution in [3.8, 4) is 0 Å². The first-order valence-corrected chi connectivity index (χ1v) is 5.95. The highest BCUT2D eigenvalue weighted by atomic mass is 16.1. The number of nitrogen functional groups attached to an aromatic ring is 1. The summed E-state index contributed by atoms with van der Waals surface area (Å²) in [5, 5.41) is 2.76. The topological polar surface area (TPSA) is 80.9 Å². The number of amides is 1. The van der Waals surface area contributed by atoms with Crippen molar-refractivity contribution in [2.45, 2.75) is 20.8 Å². The van der Waals surface area contributed by atoms with Crippen LogP contribution in [0.25, 0.3) is 0 Å². The number of aryl methyl sites for hydroxylation is 3. The van der Waals surface area contributed by atoms with Crippen LogP contribution in [0.5, 0.6) is 0 Å². The molecule has 3 N–H and O–H groups in total. The fourth-order valence-corrected chi connectivity index (χ4v) is 1.92. The van der Waals surface area contributed by atoms with Crippen LogP contribution in [-0.2, 0) is 0 Å². The SMILES string of the molecule is Cc1cc(C)nc(NC(=O)c2cc(C)nc(N)c2)c1. The van der Waals surface area contributed by atoms with Crippen molar-refractivity contribution < 1.29 is 4.79 Å². The molecule has 0 aromatic carbocycles. The maximum atomic E-state index is 12.1. The van der Waals surface area contributed by atoms with Crippen LogP contribution in [-0.4, -0.2) is 15.9 Å². The molecule has 0 saturated heterocycles. The molecule has 2 rings (SSSR count). The Balaban J connectivity index is 2.25. The van der Waals surface area contributed by atoms with Crippen LogP contribution >= 0.6 is 0 Å². The first-order valence-electron chi connectivity index (χ1n) is 5.95. The minimum Gasteiger partial charge on any atom is -0.384 e. The van der Waals surface area contributed by atoms with Gasteiger partial charge >= 0.3 is 0 Å². The third kappa shape index (κ3) is 3.28. The summed E-state index contributed by atoms with van der Waals surface area (Å²) in [6.07, 6.45) is 0. The van der Waals surface area contributed by atoms with Crippen molar-refractivity contribution in [1.82, 2.24) is 9.97 Å². The molecule has 0 aliphatic carbocycles. The number of nitrogens with zero attached hydrogens (tertiary/aromatic N) is 2. The standard InChI is InChI=1S/C14H16N4O/c1-8-4-9(2)17-13(5-8)18-14(19)11-6-10(3)16-12(15)7-11/h4-7H,1-3H3,(H2,15,16)(H,17,18,19). The molecule has 0 spiro atoms. The Morgan fingerprint density at radius 1 is 1.05 bits per heavy atom. The van der Waals surface area contributed by atoms with E-state index < -0.39 is 0 Å². The highest BCUT2D eigenvalue weighted by Crippen LogP contribution is 2.12. The molecule has 19 heavy (non-hydrogen) atoms. The fraction of sp³-hybridized carbons (Fsp3) is 0.214. The Morgan fingerprint density at radius 3 is 2.37 bits per heavy atom. The molecule has 0 unspecified atom stereocenters. The van der Waals surface area contributed by atoms with Gasteiger partial charge < -0.3 is 11.1 Å². The molecule has 0 aliphatic heterocycles. The number of hydrogen-bond acceptors (Lipinski definition) is 4. The Labute approximate surface area is 111 Å². The third-order valence-electron chi connectivity index (χ3n) is 2.57. The molecule has 0 aliphatic rings. The molecule has 1 amide bonds. The van der Waals surface area contributed by atoms with E-state index in [2.05, 4.69) is 15.3 Å². The molecule has 5 heteroatoms. The van der Waals surface area contributed by atoms with Crippen LogP contribution in [0.3, 0.4) is 0 Å². The van der Waals surface area contributed by atoms with E-state index in [0.29, 0.717) is 22.9 Å². The summed E-state index contributed by atoms with van der Waals surface area (Å²) in [5.41, 5.74) is 8.73. The zero-order valence-corrected chi connectivity index (χ0v) is 11.2. The van der Waals surface area contributed by atoms with Crippen molar-refractivity contribution in [3.63, 3.8) is 0 Å². The van der Waals surface area contributed by atoms with E-state index in [1.807, 2.05) is 26.0 Å². The molecule has 2 heterocycles. The molecule has 2 aromatic rings. The zero-order valence-electron chi connectivity index (χ0n) is 11.2. The molecule has 0 fully saturated rings. The van der Waals surface area contributed by atoms with Gasteiger partial charge in [-0.1, -0.05) is 0 Å². The lowest BCUT2D eigenvalue weighted by Gasteiger charge is -2.07. The van der Waals surface area contributed by atoms with E-state index in [1.54, 1.807) is 19.1 Å². The van der Waals surface area contributed by atoms with Crippen LogP contribution in [0.15, 0.2) is 24.3 Å². The van der Waals surface area contributed by atoms with Gasteiger partial charge in [0.1, 0.15) is 11.6 Å². The van der Waals surface area contributed by atoms with Gasteiger partial charge in [-0.25, -0.2) is 9.97 Å². The van der Waals surface area contributed by atoms with E-state index in [-0.39, 0.29) is 5.91 Å². The average Bonchev–Trinajstić information content (AvgIpc) is 2.25. The summed E-state index contributed by atoms with van der Waals surface area (Å²) in [7, 11) is 0. The van der Waals surface area contributed by atoms with Gasteiger partial charge in [0, 0.05) is 17.0 Å². The number of pyridine rings is 2. The number of hydrogen-bond donors (Lipinski definition) is 2. The van der Waals surface area contributed by atoms with Crippen molar-refractivity contribution >= 4 is 17.5 Å². The van der Waals surface area contributed by atoms with Crippen molar-refractivity contribution in [2.75, 3.05) is 11.1 Å². The average molecular weight is 256 g/mol. The van der Waals surface area contributed by atoms with Crippen LogP contribution in [0.4, 0.5) is 11.6 Å². The molecule has 98 valence electrons. The number of carbonyl (C=O) groups excluding carboxylic acids is 1. The van der Waals surface area contributed by atoms with E-state index in [1.165, 1.54) is 0 Å². The van der Waals surface area contributed by atoms with Gasteiger partial charge in [0.15, 0.2) is 0 Å². The first-order chi connectivity index (χ1) is 8.94. The van der Waals surface area contributed by atoms with Gasteiger partial charge in [-0.15, -0.1) is 0 Å². The Hall–Kier alpha value is -2.43. The zero-order chi connectivity index (χ0) is 14.0. The van der Waals surface area contributed by atoms with Crippen LogP contribution in [0.1, 0.15) is 27.3 Å². The highest BCUT2D eigenvalue weighted by molar-refractivity contribution is 6.04. The summed E-state index contributed by atoms with van der Waals surface area (Å²) in [4.78, 5) is 20.4. The normalized spacial score (nSPS) is 10.3. The Bertz CT molecular complexity index is 597. The smallest absolute Gasteiger partial charge is 0.257 e. The number of rotatable bonds is 2. The summed E-state index contributed by atoms with van der Waals surface area (Å²) < 4.78 is 0. The van der Waals surface area contributed by atoms with Gasteiger partial charge in [-0.05, 0) is 50.6 Å². The lowest BCUT2D eigenvalue weighted by atomic mass is 10.2. The molecule has 0 saturated carbocycles. The fourth-order valence-electron chi connectivity index (χ4n) is 1.92. The second-order valence-electron chi connectivity index (χ2n) is 4.55. The predicted molar refractivity (Wildman–Crippen MR) is 75.1 cm³/mol. The van der Waals surface area contributed by atoms with Crippen LogP contribution < -0.4 is 11.1 Å². The molecule has 0 bridgehead atoms. The summed E-state index contributed by atoms with van der Waals surface area (Å²) in [6.45, 7) is 5.64. The highest BCUT2D eigenvalue weighted by Gasteiger charge is 2.09. The van der Waals surface area contributed by atoms with Gasteiger partial charge in [-0.3, -0.25) is 4.79 Å². The van der Waals surface area contributed by atoms with Crippen molar-refractivity contribution in [1.29, 1.82) is 0 Å². The number of aromatic nitrogens is 2. The molecular formula is C14H16N4O. The second-order valence-corrected chi connectivity index (χ2v) is 4.55. The maximum Gasteiger partial charge on any atom is 0.257 e. The lowest BCUT2D eigenvalue weighted by molar-refractivity contribution is 0.102. The first kappa shape index (κ1) is 13.0. The van der Waals surface area contributed by atoms with Gasteiger partial charge in [0.05, 0.1) is 0 Å². The quantitative estimate of drug-likeness (QED) is 0.863. The summed E-state index contributed by atoms with van der Waals surface area (Å²) >= 11 is 0. The molecule has 5 nitrogen and oxygen atoms in total. The molecular weight excluding hydrogens is 240 g/mol. The number of nitrogens with one attached hydrogen (secondary N) is 1. The van der Waals surface area contributed by atoms with E-state index in [9.17, 15) is 4.79 Å². The van der Waals surface area contributed by atoms with Gasteiger partial charge in [-0.2, -0.15) is 0 Å². The summed E-state index contributed by atoms with van der Waals surface area (Å²) in [5.74, 6) is 0.628. The van der Waals surface area contributed by atoms with Crippen LogP contribution in [0, 0.1) is 20.8 Å². The number of nitrogens with two attached hydrogens (primary N) is 1. The minimum atomic E-state index is -0.241. The lowest BCUT2D eigenvalue weighted by Crippen LogP contribution is -2.14. The second kappa shape index (κ2) is 5.06. The van der Waals surface area contributed by atoms with Gasteiger partial charge in [0.2, 0.25) is 0 Å². The molecule has 2 aromatic heterocycles. The third-order valence-corrected chi connectivity index (χ3v) is 2.57. The largest absolute Gasteiger partial charge is 0.384 e. The Morgan fingerprint density at radius 2 is 1.74 bits per heavy atom. The molecule has 0 atom stereocenters. The summed E-state index contributed by atoms with van der Waals surface area (Å²) in [6, 6.07) is 7.01. The minimum absolute atomic E-state index is 0.241. The monoisotopic (exact) mass is 256 g/mol. The predicted octanol–water partition coefficient (Wildman–Crippen LogP) is 2.24. The van der Waals surface area contributed by atoms with Crippen LogP contribution in [0.2, 0.25) is 0 Å². The number of carbonyl (C=O) groups is 1. The molecule has 0 radical (unpaired) electrons. The van der Waals surface area contributed by atoms with Crippen molar-refractivity contribution in [3.05, 3.63) is 46.8 Å². The number of anilines is 2. The maximum absolute atomic E-state index is 12.1. The van der Waals surface area contributed by atoms with Crippen molar-refractivity contribution in [2.24, 2.45) is 0 Å². The van der Waals surface area contributed by atoms with E-state index in [4.69, 9.17) is 5.73 Å². The Kier molecular flexibility index (Phi) is 3.46.